The summed E-state index contributed by atoms with van der Waals surface area (Å²) in [7, 11) is 0. The number of aliphatic hydroxyl groups is 1. The predicted molar refractivity (Wildman–Crippen MR) is 76.5 cm³/mol. The molecule has 104 valence electrons. The largest absolute Gasteiger partial charge is 0.393 e. The summed E-state index contributed by atoms with van der Waals surface area (Å²) in [6.45, 7) is 2.31. The highest BCUT2D eigenvalue weighted by molar-refractivity contribution is 4.90. The minimum atomic E-state index is -0.0118. The minimum Gasteiger partial charge on any atom is -0.393 e. The Hall–Kier alpha value is -0.340. The molecule has 1 fully saturated rings. The number of nitrogens with one attached hydrogen (secondary N) is 1. The maximum atomic E-state index is 9.90. The van der Waals surface area contributed by atoms with E-state index in [9.17, 15) is 5.11 Å². The SMILES string of the molecule is OC1CCCCC1CCCNCC1CC=CCC1. The van der Waals surface area contributed by atoms with Crippen LogP contribution in [-0.2, 0) is 0 Å². The van der Waals surface area contributed by atoms with Crippen LogP contribution in [0.2, 0.25) is 0 Å². The molecule has 2 aliphatic rings. The van der Waals surface area contributed by atoms with Crippen molar-refractivity contribution >= 4 is 0 Å². The molecule has 2 aliphatic carbocycles. The molecule has 2 nitrogen and oxygen atoms in total. The van der Waals surface area contributed by atoms with Crippen LogP contribution in [-0.4, -0.2) is 24.3 Å². The van der Waals surface area contributed by atoms with E-state index in [2.05, 4.69) is 17.5 Å². The molecule has 0 radical (unpaired) electrons. The Kier molecular flexibility index (Phi) is 6.22. The van der Waals surface area contributed by atoms with Gasteiger partial charge in [-0.15, -0.1) is 0 Å². The molecule has 0 spiro atoms. The summed E-state index contributed by atoms with van der Waals surface area (Å²) in [5, 5.41) is 13.5. The Labute approximate surface area is 112 Å². The van der Waals surface area contributed by atoms with Gasteiger partial charge in [0.15, 0.2) is 0 Å². The van der Waals surface area contributed by atoms with E-state index in [4.69, 9.17) is 0 Å². The van der Waals surface area contributed by atoms with Crippen LogP contribution in [0.5, 0.6) is 0 Å². The summed E-state index contributed by atoms with van der Waals surface area (Å²) in [5.41, 5.74) is 0. The smallest absolute Gasteiger partial charge is 0.0568 e. The second-order valence-corrected chi connectivity index (χ2v) is 6.11. The van der Waals surface area contributed by atoms with Crippen LogP contribution >= 0.6 is 0 Å². The van der Waals surface area contributed by atoms with E-state index >= 15 is 0 Å². The molecule has 0 heterocycles. The van der Waals surface area contributed by atoms with Gasteiger partial charge in [-0.05, 0) is 69.9 Å². The van der Waals surface area contributed by atoms with Gasteiger partial charge in [0, 0.05) is 0 Å². The van der Waals surface area contributed by atoms with Gasteiger partial charge in [0.05, 0.1) is 6.10 Å². The highest BCUT2D eigenvalue weighted by atomic mass is 16.3. The normalized spacial score (nSPS) is 32.6. The fourth-order valence-electron chi connectivity index (χ4n) is 3.36. The molecule has 0 aliphatic heterocycles. The van der Waals surface area contributed by atoms with Crippen LogP contribution in [0.4, 0.5) is 0 Å². The van der Waals surface area contributed by atoms with E-state index < -0.39 is 0 Å². The average molecular weight is 251 g/mol. The molecule has 18 heavy (non-hydrogen) atoms. The number of allylic oxidation sites excluding steroid dienone is 2. The van der Waals surface area contributed by atoms with E-state index in [0.717, 1.165) is 18.9 Å². The zero-order chi connectivity index (χ0) is 12.6. The van der Waals surface area contributed by atoms with Gasteiger partial charge in [-0.1, -0.05) is 25.0 Å². The van der Waals surface area contributed by atoms with Crippen molar-refractivity contribution in [1.29, 1.82) is 0 Å². The molecule has 0 saturated heterocycles. The molecule has 0 aromatic rings. The van der Waals surface area contributed by atoms with Crippen molar-refractivity contribution in [3.63, 3.8) is 0 Å². The van der Waals surface area contributed by atoms with Gasteiger partial charge < -0.3 is 10.4 Å². The van der Waals surface area contributed by atoms with Crippen molar-refractivity contribution in [2.75, 3.05) is 13.1 Å². The minimum absolute atomic E-state index is 0.0118. The van der Waals surface area contributed by atoms with Crippen LogP contribution in [0, 0.1) is 11.8 Å². The average Bonchev–Trinajstić information content (AvgIpc) is 2.42. The second-order valence-electron chi connectivity index (χ2n) is 6.11. The standard InChI is InChI=1S/C16H29NO/c18-16-11-5-4-9-15(16)10-6-12-17-13-14-7-2-1-3-8-14/h1-2,14-18H,3-13H2. The first-order valence-corrected chi connectivity index (χ1v) is 7.90. The Morgan fingerprint density at radius 2 is 2.00 bits per heavy atom. The fraction of sp³-hybridized carbons (Fsp3) is 0.875. The van der Waals surface area contributed by atoms with Crippen LogP contribution in [0.15, 0.2) is 12.2 Å². The van der Waals surface area contributed by atoms with Crippen molar-refractivity contribution in [3.8, 4) is 0 Å². The second kappa shape index (κ2) is 7.96. The van der Waals surface area contributed by atoms with Crippen molar-refractivity contribution < 1.29 is 5.11 Å². The van der Waals surface area contributed by atoms with E-state index in [1.165, 1.54) is 57.9 Å². The monoisotopic (exact) mass is 251 g/mol. The third kappa shape index (κ3) is 4.74. The van der Waals surface area contributed by atoms with Gasteiger partial charge in [0.2, 0.25) is 0 Å². The highest BCUT2D eigenvalue weighted by Crippen LogP contribution is 2.27. The van der Waals surface area contributed by atoms with E-state index in [-0.39, 0.29) is 6.10 Å². The summed E-state index contributed by atoms with van der Waals surface area (Å²) in [6.07, 6.45) is 15.8. The Morgan fingerprint density at radius 3 is 2.78 bits per heavy atom. The summed E-state index contributed by atoms with van der Waals surface area (Å²) in [5.74, 6) is 1.44. The molecule has 2 rings (SSSR count). The number of hydrogen-bond donors (Lipinski definition) is 2. The summed E-state index contributed by atoms with van der Waals surface area (Å²) < 4.78 is 0. The van der Waals surface area contributed by atoms with Crippen LogP contribution in [0.1, 0.15) is 57.8 Å². The molecule has 0 aromatic carbocycles. The first-order valence-electron chi connectivity index (χ1n) is 7.90. The number of aliphatic hydroxyl groups excluding tert-OH is 1. The Balaban J connectivity index is 1.49. The van der Waals surface area contributed by atoms with E-state index in [1.54, 1.807) is 0 Å². The molecular weight excluding hydrogens is 222 g/mol. The summed E-state index contributed by atoms with van der Waals surface area (Å²) in [4.78, 5) is 0. The first-order chi connectivity index (χ1) is 8.86. The van der Waals surface area contributed by atoms with Crippen LogP contribution in [0.25, 0.3) is 0 Å². The fourth-order valence-corrected chi connectivity index (χ4v) is 3.36. The van der Waals surface area contributed by atoms with Gasteiger partial charge in [0.25, 0.3) is 0 Å². The third-order valence-corrected chi connectivity index (χ3v) is 4.61. The lowest BCUT2D eigenvalue weighted by Crippen LogP contribution is -2.27. The summed E-state index contributed by atoms with van der Waals surface area (Å²) >= 11 is 0. The number of hydrogen-bond acceptors (Lipinski definition) is 2. The van der Waals surface area contributed by atoms with Gasteiger partial charge in [-0.25, -0.2) is 0 Å². The summed E-state index contributed by atoms with van der Waals surface area (Å²) in [6, 6.07) is 0. The quantitative estimate of drug-likeness (QED) is 0.561. The molecule has 0 amide bonds. The maximum absolute atomic E-state index is 9.90. The maximum Gasteiger partial charge on any atom is 0.0568 e. The van der Waals surface area contributed by atoms with E-state index in [0.29, 0.717) is 5.92 Å². The predicted octanol–water partition coefficient (Wildman–Crippen LogP) is 3.26. The van der Waals surface area contributed by atoms with Crippen molar-refractivity contribution in [3.05, 3.63) is 12.2 Å². The van der Waals surface area contributed by atoms with Crippen molar-refractivity contribution in [2.24, 2.45) is 11.8 Å². The molecular formula is C16H29NO. The number of rotatable bonds is 6. The Morgan fingerprint density at radius 1 is 1.11 bits per heavy atom. The lowest BCUT2D eigenvalue weighted by atomic mass is 9.83. The van der Waals surface area contributed by atoms with Gasteiger partial charge in [-0.3, -0.25) is 0 Å². The molecule has 0 aromatic heterocycles. The topological polar surface area (TPSA) is 32.3 Å². The van der Waals surface area contributed by atoms with E-state index in [1.807, 2.05) is 0 Å². The zero-order valence-electron chi connectivity index (χ0n) is 11.6. The van der Waals surface area contributed by atoms with Gasteiger partial charge in [0.1, 0.15) is 0 Å². The molecule has 2 N–H and O–H groups in total. The molecule has 1 saturated carbocycles. The Bertz CT molecular complexity index is 251. The van der Waals surface area contributed by atoms with Crippen LogP contribution < -0.4 is 5.32 Å². The highest BCUT2D eigenvalue weighted by Gasteiger charge is 2.22. The van der Waals surface area contributed by atoms with Gasteiger partial charge in [-0.2, -0.15) is 0 Å². The lowest BCUT2D eigenvalue weighted by Gasteiger charge is -2.27. The molecule has 2 heteroatoms. The van der Waals surface area contributed by atoms with Gasteiger partial charge >= 0.3 is 0 Å². The lowest BCUT2D eigenvalue weighted by molar-refractivity contribution is 0.0643. The molecule has 3 atom stereocenters. The van der Waals surface area contributed by atoms with Crippen molar-refractivity contribution in [1.82, 2.24) is 5.32 Å². The third-order valence-electron chi connectivity index (χ3n) is 4.61. The molecule has 0 bridgehead atoms. The first kappa shape index (κ1) is 14.1. The molecule has 3 unspecified atom stereocenters. The van der Waals surface area contributed by atoms with Crippen molar-refractivity contribution in [2.45, 2.75) is 63.9 Å². The zero-order valence-corrected chi connectivity index (χ0v) is 11.6. The van der Waals surface area contributed by atoms with Crippen LogP contribution in [0.3, 0.4) is 0 Å².